The quantitative estimate of drug-likeness (QED) is 0.360. The zero-order valence-electron chi connectivity index (χ0n) is 9.51. The number of hydrogen-bond donors (Lipinski definition) is 3. The van der Waals surface area contributed by atoms with Gasteiger partial charge in [0, 0.05) is 11.2 Å². The van der Waals surface area contributed by atoms with Crippen molar-refractivity contribution >= 4 is 24.2 Å². The van der Waals surface area contributed by atoms with Crippen LogP contribution < -0.4 is 11.2 Å². The fourth-order valence-electron chi connectivity index (χ4n) is 2.03. The Morgan fingerprint density at radius 1 is 1.47 bits per heavy atom. The van der Waals surface area contributed by atoms with E-state index in [2.05, 4.69) is 0 Å². The van der Waals surface area contributed by atoms with Crippen molar-refractivity contribution in [3.8, 4) is 0 Å². The molecule has 1 saturated carbocycles. The van der Waals surface area contributed by atoms with Crippen LogP contribution in [-0.4, -0.2) is 30.2 Å². The largest absolute Gasteiger partial charge is 0.490 e. The van der Waals surface area contributed by atoms with Crippen LogP contribution in [0.15, 0.2) is 18.2 Å². The Kier molecular flexibility index (Phi) is 2.85. The predicted octanol–water partition coefficient (Wildman–Crippen LogP) is -0.847. The second-order valence-corrected chi connectivity index (χ2v) is 4.29. The minimum absolute atomic E-state index is 0.220. The van der Waals surface area contributed by atoms with Gasteiger partial charge in [0.05, 0.1) is 12.5 Å². The number of carbonyl (C=O) groups is 1. The highest BCUT2D eigenvalue weighted by atomic mass is 16.5. The van der Waals surface area contributed by atoms with Gasteiger partial charge in [-0.2, -0.15) is 0 Å². The van der Waals surface area contributed by atoms with Crippen molar-refractivity contribution < 1.29 is 19.6 Å². The SMILES string of the molecule is COC(=O)C1(c2ccc(N)c(B(O)O)c2)CC1. The van der Waals surface area contributed by atoms with Crippen molar-refractivity contribution in [1.29, 1.82) is 0 Å². The molecular formula is C11H14BNO4. The fraction of sp³-hybridized carbons (Fsp3) is 0.364. The van der Waals surface area contributed by atoms with Gasteiger partial charge in [0.2, 0.25) is 0 Å². The molecule has 90 valence electrons. The van der Waals surface area contributed by atoms with E-state index >= 15 is 0 Å². The van der Waals surface area contributed by atoms with E-state index in [1.54, 1.807) is 18.2 Å². The van der Waals surface area contributed by atoms with Crippen molar-refractivity contribution in [3.63, 3.8) is 0 Å². The Morgan fingerprint density at radius 2 is 2.12 bits per heavy atom. The topological polar surface area (TPSA) is 92.8 Å². The summed E-state index contributed by atoms with van der Waals surface area (Å²) in [6.45, 7) is 0. The monoisotopic (exact) mass is 235 g/mol. The maximum atomic E-state index is 11.7. The van der Waals surface area contributed by atoms with Crippen molar-refractivity contribution in [2.75, 3.05) is 12.8 Å². The molecule has 1 aliphatic carbocycles. The number of carbonyl (C=O) groups excluding carboxylic acids is 1. The molecule has 0 aliphatic heterocycles. The lowest BCUT2D eigenvalue weighted by atomic mass is 9.76. The van der Waals surface area contributed by atoms with Crippen LogP contribution >= 0.6 is 0 Å². The Bertz CT molecular complexity index is 457. The summed E-state index contributed by atoms with van der Waals surface area (Å²) in [6, 6.07) is 4.86. The molecule has 1 aromatic carbocycles. The molecule has 6 heteroatoms. The number of rotatable bonds is 3. The molecule has 0 saturated heterocycles. The van der Waals surface area contributed by atoms with Crippen LogP contribution in [0, 0.1) is 0 Å². The standard InChI is InChI=1S/C11H14BNO4/c1-17-10(14)11(4-5-11)7-2-3-9(13)8(6-7)12(15)16/h2-3,6,15-16H,4-5,13H2,1H3. The van der Waals surface area contributed by atoms with Crippen molar-refractivity contribution in [2.24, 2.45) is 0 Å². The van der Waals surface area contributed by atoms with E-state index in [1.807, 2.05) is 0 Å². The molecule has 0 spiro atoms. The zero-order valence-corrected chi connectivity index (χ0v) is 9.51. The smallest absolute Gasteiger partial charge is 0.468 e. The van der Waals surface area contributed by atoms with Crippen LogP contribution in [0.5, 0.6) is 0 Å². The lowest BCUT2D eigenvalue weighted by Gasteiger charge is -2.15. The molecule has 1 aromatic rings. The molecule has 0 amide bonds. The number of nitrogen functional groups attached to an aromatic ring is 1. The Balaban J connectivity index is 2.41. The molecule has 2 rings (SSSR count). The van der Waals surface area contributed by atoms with Gasteiger partial charge >= 0.3 is 13.1 Å². The van der Waals surface area contributed by atoms with E-state index in [4.69, 9.17) is 10.5 Å². The minimum Gasteiger partial charge on any atom is -0.468 e. The van der Waals surface area contributed by atoms with Crippen LogP contribution in [0.1, 0.15) is 18.4 Å². The van der Waals surface area contributed by atoms with Gasteiger partial charge < -0.3 is 20.5 Å². The van der Waals surface area contributed by atoms with Crippen LogP contribution in [-0.2, 0) is 14.9 Å². The van der Waals surface area contributed by atoms with Gasteiger partial charge in [-0.05, 0) is 24.5 Å². The van der Waals surface area contributed by atoms with Gasteiger partial charge in [0.1, 0.15) is 0 Å². The van der Waals surface area contributed by atoms with Gasteiger partial charge in [-0.1, -0.05) is 12.1 Å². The lowest BCUT2D eigenvalue weighted by molar-refractivity contribution is -0.143. The summed E-state index contributed by atoms with van der Waals surface area (Å²) in [4.78, 5) is 11.7. The first-order chi connectivity index (χ1) is 8.01. The second kappa shape index (κ2) is 4.05. The number of esters is 1. The van der Waals surface area contributed by atoms with Crippen LogP contribution in [0.25, 0.3) is 0 Å². The molecule has 1 fully saturated rings. The predicted molar refractivity (Wildman–Crippen MR) is 63.6 cm³/mol. The molecule has 0 heterocycles. The third-order valence-corrected chi connectivity index (χ3v) is 3.24. The first-order valence-electron chi connectivity index (χ1n) is 5.36. The van der Waals surface area contributed by atoms with E-state index < -0.39 is 12.5 Å². The number of methoxy groups -OCH3 is 1. The Labute approximate surface area is 99.3 Å². The summed E-state index contributed by atoms with van der Waals surface area (Å²) in [6.07, 6.45) is 1.43. The molecule has 0 unspecified atom stereocenters. The summed E-state index contributed by atoms with van der Waals surface area (Å²) in [7, 11) is -0.287. The van der Waals surface area contributed by atoms with E-state index in [1.165, 1.54) is 7.11 Å². The van der Waals surface area contributed by atoms with Gasteiger partial charge in [-0.25, -0.2) is 0 Å². The van der Waals surface area contributed by atoms with Crippen LogP contribution in [0.4, 0.5) is 5.69 Å². The maximum absolute atomic E-state index is 11.7. The van der Waals surface area contributed by atoms with Crippen molar-refractivity contribution in [3.05, 3.63) is 23.8 Å². The summed E-state index contributed by atoms with van der Waals surface area (Å²) < 4.78 is 4.77. The number of hydrogen-bond acceptors (Lipinski definition) is 5. The zero-order chi connectivity index (χ0) is 12.6. The summed E-state index contributed by atoms with van der Waals surface area (Å²) >= 11 is 0. The molecule has 5 nitrogen and oxygen atoms in total. The van der Waals surface area contributed by atoms with Crippen LogP contribution in [0.2, 0.25) is 0 Å². The van der Waals surface area contributed by atoms with Crippen LogP contribution in [0.3, 0.4) is 0 Å². The fourth-order valence-corrected chi connectivity index (χ4v) is 2.03. The number of ether oxygens (including phenoxy) is 1. The Hall–Kier alpha value is -1.53. The summed E-state index contributed by atoms with van der Waals surface area (Å²) in [5.74, 6) is -0.291. The van der Waals surface area contributed by atoms with Gasteiger partial charge in [0.15, 0.2) is 0 Å². The third kappa shape index (κ3) is 1.90. The Morgan fingerprint density at radius 3 is 2.59 bits per heavy atom. The van der Waals surface area contributed by atoms with E-state index in [-0.39, 0.29) is 11.4 Å². The van der Waals surface area contributed by atoms with Gasteiger partial charge in [0.25, 0.3) is 0 Å². The number of benzene rings is 1. The average molecular weight is 235 g/mol. The highest BCUT2D eigenvalue weighted by Gasteiger charge is 2.52. The molecule has 4 N–H and O–H groups in total. The molecular weight excluding hydrogens is 221 g/mol. The third-order valence-electron chi connectivity index (χ3n) is 3.24. The van der Waals surface area contributed by atoms with Gasteiger partial charge in [-0.3, -0.25) is 4.79 Å². The highest BCUT2D eigenvalue weighted by molar-refractivity contribution is 6.60. The van der Waals surface area contributed by atoms with E-state index in [9.17, 15) is 14.8 Å². The second-order valence-electron chi connectivity index (χ2n) is 4.29. The number of anilines is 1. The molecule has 0 bridgehead atoms. The van der Waals surface area contributed by atoms with E-state index in [0.717, 1.165) is 5.56 Å². The highest BCUT2D eigenvalue weighted by Crippen LogP contribution is 2.49. The maximum Gasteiger partial charge on any atom is 0.490 e. The van der Waals surface area contributed by atoms with Crippen molar-refractivity contribution in [2.45, 2.75) is 18.3 Å². The first kappa shape index (κ1) is 11.9. The molecule has 1 aliphatic rings. The van der Waals surface area contributed by atoms with E-state index in [0.29, 0.717) is 18.5 Å². The normalized spacial score (nSPS) is 16.4. The number of nitrogens with two attached hydrogens (primary N) is 1. The molecule has 0 aromatic heterocycles. The van der Waals surface area contributed by atoms with Crippen molar-refractivity contribution in [1.82, 2.24) is 0 Å². The first-order valence-corrected chi connectivity index (χ1v) is 5.36. The molecule has 0 atom stereocenters. The molecule has 17 heavy (non-hydrogen) atoms. The minimum atomic E-state index is -1.64. The summed E-state index contributed by atoms with van der Waals surface area (Å²) in [5.41, 5.74) is 6.25. The average Bonchev–Trinajstić information content (AvgIpc) is 3.09. The van der Waals surface area contributed by atoms with Gasteiger partial charge in [-0.15, -0.1) is 0 Å². The lowest BCUT2D eigenvalue weighted by Crippen LogP contribution is -2.34. The summed E-state index contributed by atoms with van der Waals surface area (Å²) in [5, 5.41) is 18.3. The molecule has 0 radical (unpaired) electrons.